The minimum absolute atomic E-state index is 0.0257. The fourth-order valence-corrected chi connectivity index (χ4v) is 5.08. The van der Waals surface area contributed by atoms with Gasteiger partial charge in [-0.3, -0.25) is 0 Å². The molecule has 0 aromatic heterocycles. The van der Waals surface area contributed by atoms with Crippen molar-refractivity contribution in [2.45, 2.75) is 74.7 Å². The van der Waals surface area contributed by atoms with Crippen molar-refractivity contribution < 1.29 is 0 Å². The summed E-state index contributed by atoms with van der Waals surface area (Å²) in [4.78, 5) is 2.57. The van der Waals surface area contributed by atoms with Crippen LogP contribution in [0, 0.1) is 0 Å². The molecule has 5 heteroatoms. The van der Waals surface area contributed by atoms with Crippen molar-refractivity contribution in [1.29, 1.82) is 0 Å². The molecule has 4 rings (SSSR count). The summed E-state index contributed by atoms with van der Waals surface area (Å²) in [7, 11) is 4.17. The lowest BCUT2D eigenvalue weighted by Crippen LogP contribution is -2.42. The van der Waals surface area contributed by atoms with Gasteiger partial charge in [-0.15, -0.1) is 0 Å². The molecule has 0 saturated carbocycles. The lowest BCUT2D eigenvalue weighted by molar-refractivity contribution is 0.197. The Morgan fingerprint density at radius 1 is 0.833 bits per heavy atom. The van der Waals surface area contributed by atoms with Crippen molar-refractivity contribution in [2.24, 2.45) is 11.5 Å². The molecule has 0 amide bonds. The summed E-state index contributed by atoms with van der Waals surface area (Å²) in [5.41, 5.74) is 26.2. The van der Waals surface area contributed by atoms with Crippen molar-refractivity contribution in [1.82, 2.24) is 4.90 Å². The summed E-state index contributed by atoms with van der Waals surface area (Å²) in [5.74, 6) is 0. The van der Waals surface area contributed by atoms with Gasteiger partial charge in [0, 0.05) is 16.1 Å². The normalized spacial score (nSPS) is 15.6. The lowest BCUT2D eigenvalue weighted by atomic mass is 9.93. The van der Waals surface area contributed by atoms with E-state index in [4.69, 9.17) is 17.2 Å². The van der Waals surface area contributed by atoms with Gasteiger partial charge in [-0.1, -0.05) is 30.0 Å². The molecule has 2 aromatic rings. The first-order valence-electron chi connectivity index (χ1n) is 11.0. The van der Waals surface area contributed by atoms with E-state index in [1.165, 1.54) is 78.1 Å². The predicted octanol–water partition coefficient (Wildman–Crippen LogP) is 4.41. The van der Waals surface area contributed by atoms with Crippen LogP contribution in [-0.4, -0.2) is 24.0 Å². The second kappa shape index (κ2) is 8.91. The largest absolute Gasteiger partial charge is 0.398 e. The molecule has 0 unspecified atom stereocenters. The van der Waals surface area contributed by atoms with Crippen LogP contribution in [0.4, 0.5) is 5.69 Å². The van der Waals surface area contributed by atoms with E-state index in [0.717, 1.165) is 10.6 Å². The van der Waals surface area contributed by atoms with Gasteiger partial charge in [0.25, 0.3) is 0 Å². The van der Waals surface area contributed by atoms with Gasteiger partial charge in [0.05, 0.1) is 0 Å². The van der Waals surface area contributed by atoms with Crippen LogP contribution in [0.1, 0.15) is 61.4 Å². The van der Waals surface area contributed by atoms with E-state index in [-0.39, 0.29) is 5.54 Å². The minimum atomic E-state index is -0.724. The maximum atomic E-state index is 6.19. The van der Waals surface area contributed by atoms with Crippen LogP contribution < -0.4 is 17.2 Å². The number of anilines is 1. The maximum absolute atomic E-state index is 6.19. The molecule has 0 heterocycles. The highest BCUT2D eigenvalue weighted by atomic mass is 32.2. The Labute approximate surface area is 186 Å². The summed E-state index contributed by atoms with van der Waals surface area (Å²) in [6, 6.07) is 10.8. The molecule has 0 saturated heterocycles. The first kappa shape index (κ1) is 23.1. The van der Waals surface area contributed by atoms with Crippen LogP contribution in [0.15, 0.2) is 35.2 Å². The van der Waals surface area contributed by atoms with Crippen molar-refractivity contribution in [3.05, 3.63) is 58.1 Å². The van der Waals surface area contributed by atoms with Gasteiger partial charge < -0.3 is 22.1 Å². The first-order chi connectivity index (χ1) is 14.0. The van der Waals surface area contributed by atoms with E-state index >= 15 is 0 Å². The third kappa shape index (κ3) is 5.20. The molecule has 30 heavy (non-hydrogen) atoms. The van der Waals surface area contributed by atoms with E-state index in [2.05, 4.69) is 63.2 Å². The van der Waals surface area contributed by atoms with E-state index in [9.17, 15) is 0 Å². The van der Waals surface area contributed by atoms with Gasteiger partial charge in [0.1, 0.15) is 4.99 Å². The number of nitrogen functional groups attached to an aromatic ring is 1. The highest BCUT2D eigenvalue weighted by Crippen LogP contribution is 2.36. The Morgan fingerprint density at radius 2 is 1.33 bits per heavy atom. The Kier molecular flexibility index (Phi) is 6.87. The van der Waals surface area contributed by atoms with Gasteiger partial charge in [-0.2, -0.15) is 0 Å². The topological polar surface area (TPSA) is 81.3 Å². The fraction of sp³-hybridized carbons (Fsp3) is 0.520. The number of hydrogen-bond acceptors (Lipinski definition) is 5. The number of nitrogens with zero attached hydrogens (tertiary/aromatic N) is 1. The minimum Gasteiger partial charge on any atom is -0.398 e. The molecule has 2 aliphatic rings. The SMILES string of the molecule is CN(C)C(C)(C)c1ccc(SC(C)(N)N)cc1.Nc1c2c(cc3c1CCC3)CCC2. The molecule has 0 spiro atoms. The summed E-state index contributed by atoms with van der Waals surface area (Å²) in [6.07, 6.45) is 7.56. The van der Waals surface area contributed by atoms with Crippen LogP contribution in [0.5, 0.6) is 0 Å². The molecule has 0 atom stereocenters. The third-order valence-electron chi connectivity index (χ3n) is 6.54. The molecule has 0 bridgehead atoms. The van der Waals surface area contributed by atoms with Crippen molar-refractivity contribution in [3.63, 3.8) is 0 Å². The van der Waals surface area contributed by atoms with Crippen molar-refractivity contribution >= 4 is 17.4 Å². The number of aryl methyl sites for hydroxylation is 2. The van der Waals surface area contributed by atoms with Gasteiger partial charge >= 0.3 is 0 Å². The summed E-state index contributed by atoms with van der Waals surface area (Å²) in [6.45, 7) is 6.20. The zero-order chi connectivity index (χ0) is 22.1. The van der Waals surface area contributed by atoms with E-state index in [1.54, 1.807) is 6.92 Å². The number of nitrogens with two attached hydrogens (primary N) is 3. The standard InChI is InChI=1S/C13H23N3S.C12H15N/c1-12(2,16(4)5)10-6-8-11(9-7-10)17-13(3,14)15;13-12-10-5-1-3-8(10)7-9-4-2-6-11(9)12/h6-9H,14-15H2,1-5H3;7H,1-6,13H2. The molecule has 164 valence electrons. The van der Waals surface area contributed by atoms with Crippen LogP contribution in [0.2, 0.25) is 0 Å². The van der Waals surface area contributed by atoms with Crippen LogP contribution >= 0.6 is 11.8 Å². The molecule has 6 N–H and O–H groups in total. The summed E-state index contributed by atoms with van der Waals surface area (Å²) < 4.78 is 0. The maximum Gasteiger partial charge on any atom is 0.113 e. The second-order valence-corrected chi connectivity index (χ2v) is 11.1. The number of benzene rings is 2. The summed E-state index contributed by atoms with van der Waals surface area (Å²) >= 11 is 1.47. The Morgan fingerprint density at radius 3 is 1.77 bits per heavy atom. The van der Waals surface area contributed by atoms with Crippen molar-refractivity contribution in [3.8, 4) is 0 Å². The molecule has 0 radical (unpaired) electrons. The highest BCUT2D eigenvalue weighted by Gasteiger charge is 2.23. The monoisotopic (exact) mass is 426 g/mol. The average Bonchev–Trinajstić information content (AvgIpc) is 3.31. The van der Waals surface area contributed by atoms with Crippen LogP contribution in [0.25, 0.3) is 0 Å². The Bertz CT molecular complexity index is 847. The predicted molar refractivity (Wildman–Crippen MR) is 131 cm³/mol. The quantitative estimate of drug-likeness (QED) is 0.383. The second-order valence-electron chi connectivity index (χ2n) is 9.54. The lowest BCUT2D eigenvalue weighted by Gasteiger charge is -2.33. The van der Waals surface area contributed by atoms with Crippen molar-refractivity contribution in [2.75, 3.05) is 19.8 Å². The van der Waals surface area contributed by atoms with Gasteiger partial charge in [0.2, 0.25) is 0 Å². The molecular formula is C25H38N4S. The van der Waals surface area contributed by atoms with Gasteiger partial charge in [-0.25, -0.2) is 0 Å². The highest BCUT2D eigenvalue weighted by molar-refractivity contribution is 8.00. The number of rotatable bonds is 4. The average molecular weight is 427 g/mol. The smallest absolute Gasteiger partial charge is 0.113 e. The molecular weight excluding hydrogens is 388 g/mol. The van der Waals surface area contributed by atoms with Gasteiger partial charge in [-0.05, 0) is 113 Å². The Hall–Kier alpha value is -1.53. The molecule has 2 aromatic carbocycles. The van der Waals surface area contributed by atoms with Crippen LogP contribution in [-0.2, 0) is 31.2 Å². The summed E-state index contributed by atoms with van der Waals surface area (Å²) in [5, 5.41) is 0. The number of hydrogen-bond donors (Lipinski definition) is 3. The Balaban J connectivity index is 0.000000175. The molecule has 4 nitrogen and oxygen atoms in total. The molecule has 0 aliphatic heterocycles. The number of thioether (sulfide) groups is 1. The van der Waals surface area contributed by atoms with Gasteiger partial charge in [0.15, 0.2) is 0 Å². The first-order valence-corrected chi connectivity index (χ1v) is 11.8. The zero-order valence-electron chi connectivity index (χ0n) is 19.2. The third-order valence-corrected chi connectivity index (χ3v) is 7.48. The number of fused-ring (bicyclic) bond motifs is 2. The van der Waals surface area contributed by atoms with E-state index in [0.29, 0.717) is 0 Å². The van der Waals surface area contributed by atoms with E-state index < -0.39 is 4.99 Å². The van der Waals surface area contributed by atoms with E-state index in [1.807, 2.05) is 0 Å². The van der Waals surface area contributed by atoms with Crippen LogP contribution in [0.3, 0.4) is 0 Å². The molecule has 2 aliphatic carbocycles. The fourth-order valence-electron chi connectivity index (χ4n) is 4.30. The molecule has 0 fully saturated rings. The zero-order valence-corrected chi connectivity index (χ0v) is 20.0.